The van der Waals surface area contributed by atoms with Gasteiger partial charge in [0.05, 0.1) is 17.9 Å². The van der Waals surface area contributed by atoms with E-state index in [-0.39, 0.29) is 12.2 Å². The number of carbonyl (C=O) groups excluding carboxylic acids is 1. The number of halogens is 2. The van der Waals surface area contributed by atoms with Crippen molar-refractivity contribution in [1.29, 1.82) is 0 Å². The van der Waals surface area contributed by atoms with Gasteiger partial charge in [-0.25, -0.2) is 8.78 Å². The number of nitrogens with one attached hydrogen (secondary N) is 2. The number of nitrogens with zero attached hydrogens (tertiary/aromatic N) is 1. The third-order valence-electron chi connectivity index (χ3n) is 2.52. The Morgan fingerprint density at radius 2 is 2.05 bits per heavy atom. The first-order valence-corrected chi connectivity index (χ1v) is 6.00. The summed E-state index contributed by atoms with van der Waals surface area (Å²) in [5.41, 5.74) is 0.754. The Morgan fingerprint density at radius 1 is 1.20 bits per heavy atom. The van der Waals surface area contributed by atoms with Gasteiger partial charge in [0.15, 0.2) is 0 Å². The molecule has 1 aromatic heterocycles. The molecule has 1 amide bonds. The van der Waals surface area contributed by atoms with E-state index in [0.29, 0.717) is 6.54 Å². The molecule has 0 spiro atoms. The highest BCUT2D eigenvalue weighted by molar-refractivity contribution is 5.92. The first-order chi connectivity index (χ1) is 9.65. The normalized spacial score (nSPS) is 10.3. The highest BCUT2D eigenvalue weighted by atomic mass is 19.1. The monoisotopic (exact) mass is 277 g/mol. The minimum absolute atomic E-state index is 0.00733. The topological polar surface area (TPSA) is 54.0 Å². The lowest BCUT2D eigenvalue weighted by Gasteiger charge is -2.07. The summed E-state index contributed by atoms with van der Waals surface area (Å²) in [7, 11) is 0. The lowest BCUT2D eigenvalue weighted by atomic mass is 10.3. The molecule has 104 valence electrons. The molecule has 0 aliphatic rings. The number of amides is 1. The van der Waals surface area contributed by atoms with Crippen LogP contribution >= 0.6 is 0 Å². The van der Waals surface area contributed by atoms with Gasteiger partial charge in [-0.1, -0.05) is 6.07 Å². The second kappa shape index (κ2) is 6.72. The van der Waals surface area contributed by atoms with E-state index in [0.717, 1.165) is 17.8 Å². The third-order valence-corrected chi connectivity index (χ3v) is 2.52. The molecule has 0 unspecified atom stereocenters. The summed E-state index contributed by atoms with van der Waals surface area (Å²) in [5.74, 6) is -1.90. The third kappa shape index (κ3) is 4.10. The maximum atomic E-state index is 13.3. The standard InChI is InChI=1S/C14H13F2N3O/c15-10-4-5-13(12(16)7-10)19-14(20)9-17-8-11-3-1-2-6-18-11/h1-7,17H,8-9H2,(H,19,20). The second-order valence-corrected chi connectivity index (χ2v) is 4.10. The van der Waals surface area contributed by atoms with Crippen LogP contribution < -0.4 is 10.6 Å². The van der Waals surface area contributed by atoms with Crippen LogP contribution in [0.4, 0.5) is 14.5 Å². The number of anilines is 1. The van der Waals surface area contributed by atoms with Gasteiger partial charge >= 0.3 is 0 Å². The molecule has 1 aromatic carbocycles. The minimum Gasteiger partial charge on any atom is -0.322 e. The van der Waals surface area contributed by atoms with Crippen LogP contribution in [0.2, 0.25) is 0 Å². The van der Waals surface area contributed by atoms with E-state index in [4.69, 9.17) is 0 Å². The summed E-state index contributed by atoms with van der Waals surface area (Å²) in [6.07, 6.45) is 1.66. The van der Waals surface area contributed by atoms with E-state index in [9.17, 15) is 13.6 Å². The fourth-order valence-corrected chi connectivity index (χ4v) is 1.59. The van der Waals surface area contributed by atoms with Gasteiger partial charge in [0.2, 0.25) is 5.91 Å². The van der Waals surface area contributed by atoms with Gasteiger partial charge in [0.1, 0.15) is 11.6 Å². The summed E-state index contributed by atoms with van der Waals surface area (Å²) in [5, 5.41) is 5.24. The van der Waals surface area contributed by atoms with Crippen molar-refractivity contribution in [2.45, 2.75) is 6.54 Å². The van der Waals surface area contributed by atoms with Crippen LogP contribution in [0.1, 0.15) is 5.69 Å². The number of aromatic nitrogens is 1. The summed E-state index contributed by atoms with van der Waals surface area (Å²) in [4.78, 5) is 15.7. The van der Waals surface area contributed by atoms with Crippen LogP contribution in [-0.4, -0.2) is 17.4 Å². The summed E-state index contributed by atoms with van der Waals surface area (Å²) in [6.45, 7) is 0.438. The quantitative estimate of drug-likeness (QED) is 0.880. The van der Waals surface area contributed by atoms with Crippen LogP contribution in [0.5, 0.6) is 0 Å². The van der Waals surface area contributed by atoms with Gasteiger partial charge < -0.3 is 10.6 Å². The molecule has 6 heteroatoms. The van der Waals surface area contributed by atoms with Crippen molar-refractivity contribution >= 4 is 11.6 Å². The summed E-state index contributed by atoms with van der Waals surface area (Å²) < 4.78 is 26.0. The molecule has 1 heterocycles. The maximum Gasteiger partial charge on any atom is 0.238 e. The maximum absolute atomic E-state index is 13.3. The molecule has 0 bridgehead atoms. The molecule has 0 saturated heterocycles. The largest absolute Gasteiger partial charge is 0.322 e. The fraction of sp³-hybridized carbons (Fsp3) is 0.143. The lowest BCUT2D eigenvalue weighted by molar-refractivity contribution is -0.115. The molecule has 2 N–H and O–H groups in total. The molecule has 0 atom stereocenters. The number of hydrogen-bond acceptors (Lipinski definition) is 3. The molecule has 4 nitrogen and oxygen atoms in total. The number of pyridine rings is 1. The van der Waals surface area contributed by atoms with Crippen LogP contribution in [-0.2, 0) is 11.3 Å². The first-order valence-electron chi connectivity index (χ1n) is 6.00. The molecule has 2 aromatic rings. The Kier molecular flexibility index (Phi) is 4.73. The smallest absolute Gasteiger partial charge is 0.238 e. The van der Waals surface area contributed by atoms with Crippen LogP contribution in [0, 0.1) is 11.6 Å². The van der Waals surface area contributed by atoms with E-state index in [1.807, 2.05) is 12.1 Å². The lowest BCUT2D eigenvalue weighted by Crippen LogP contribution is -2.28. The van der Waals surface area contributed by atoms with Crippen LogP contribution in [0.15, 0.2) is 42.6 Å². The first kappa shape index (κ1) is 14.1. The highest BCUT2D eigenvalue weighted by Crippen LogP contribution is 2.14. The number of hydrogen-bond donors (Lipinski definition) is 2. The van der Waals surface area contributed by atoms with Crippen molar-refractivity contribution < 1.29 is 13.6 Å². The molecule has 20 heavy (non-hydrogen) atoms. The van der Waals surface area contributed by atoms with Crippen molar-refractivity contribution in [3.05, 3.63) is 59.9 Å². The van der Waals surface area contributed by atoms with Gasteiger partial charge in [0.25, 0.3) is 0 Å². The van der Waals surface area contributed by atoms with Crippen LogP contribution in [0.3, 0.4) is 0 Å². The van der Waals surface area contributed by atoms with E-state index in [1.165, 1.54) is 6.07 Å². The zero-order valence-corrected chi connectivity index (χ0v) is 10.6. The van der Waals surface area contributed by atoms with E-state index < -0.39 is 17.5 Å². The fourth-order valence-electron chi connectivity index (χ4n) is 1.59. The van der Waals surface area contributed by atoms with E-state index >= 15 is 0 Å². The zero-order valence-electron chi connectivity index (χ0n) is 10.6. The van der Waals surface area contributed by atoms with E-state index in [1.54, 1.807) is 12.3 Å². The predicted octanol–water partition coefficient (Wildman–Crippen LogP) is 2.09. The molecule has 0 radical (unpaired) electrons. The number of rotatable bonds is 5. The molecular weight excluding hydrogens is 264 g/mol. The Bertz CT molecular complexity index is 590. The Balaban J connectivity index is 1.81. The average molecular weight is 277 g/mol. The minimum atomic E-state index is -0.803. The average Bonchev–Trinajstić information content (AvgIpc) is 2.43. The Morgan fingerprint density at radius 3 is 2.75 bits per heavy atom. The Hall–Kier alpha value is -2.34. The number of benzene rings is 1. The van der Waals surface area contributed by atoms with Crippen molar-refractivity contribution in [2.24, 2.45) is 0 Å². The van der Waals surface area contributed by atoms with Crippen molar-refractivity contribution in [3.63, 3.8) is 0 Å². The van der Waals surface area contributed by atoms with Crippen LogP contribution in [0.25, 0.3) is 0 Å². The summed E-state index contributed by atoms with van der Waals surface area (Å²) >= 11 is 0. The molecule has 0 aliphatic heterocycles. The van der Waals surface area contributed by atoms with Gasteiger partial charge in [0, 0.05) is 18.8 Å². The predicted molar refractivity (Wildman–Crippen MR) is 70.9 cm³/mol. The highest BCUT2D eigenvalue weighted by Gasteiger charge is 2.07. The van der Waals surface area contributed by atoms with Gasteiger partial charge in [-0.05, 0) is 24.3 Å². The molecule has 0 aliphatic carbocycles. The van der Waals surface area contributed by atoms with Gasteiger partial charge in [-0.3, -0.25) is 9.78 Å². The molecular formula is C14H13F2N3O. The van der Waals surface area contributed by atoms with Crippen molar-refractivity contribution in [2.75, 3.05) is 11.9 Å². The van der Waals surface area contributed by atoms with Crippen molar-refractivity contribution in [1.82, 2.24) is 10.3 Å². The SMILES string of the molecule is O=C(CNCc1ccccn1)Nc1ccc(F)cc1F. The second-order valence-electron chi connectivity index (χ2n) is 4.10. The molecule has 0 fully saturated rings. The number of carbonyl (C=O) groups is 1. The van der Waals surface area contributed by atoms with Crippen molar-refractivity contribution in [3.8, 4) is 0 Å². The van der Waals surface area contributed by atoms with Gasteiger partial charge in [-0.2, -0.15) is 0 Å². The Labute approximate surface area is 114 Å². The molecule has 2 rings (SSSR count). The summed E-state index contributed by atoms with van der Waals surface area (Å²) in [6, 6.07) is 8.45. The van der Waals surface area contributed by atoms with E-state index in [2.05, 4.69) is 15.6 Å². The van der Waals surface area contributed by atoms with Gasteiger partial charge in [-0.15, -0.1) is 0 Å². The molecule has 0 saturated carbocycles. The zero-order chi connectivity index (χ0) is 14.4.